The first-order valence-corrected chi connectivity index (χ1v) is 7.92. The highest BCUT2D eigenvalue weighted by Gasteiger charge is 2.24. The molecule has 0 atom stereocenters. The SMILES string of the molecule is Nc1c(C(=O)N2CCCC2)sc2c1cnc1ccccc12. The van der Waals surface area contributed by atoms with E-state index in [0.29, 0.717) is 10.6 Å². The summed E-state index contributed by atoms with van der Waals surface area (Å²) in [4.78, 5) is 19.6. The number of likely N-dealkylation sites (tertiary alicyclic amines) is 1. The van der Waals surface area contributed by atoms with Crippen molar-refractivity contribution in [2.75, 3.05) is 18.8 Å². The minimum Gasteiger partial charge on any atom is -0.397 e. The number of para-hydroxylation sites is 1. The van der Waals surface area contributed by atoms with Crippen molar-refractivity contribution < 1.29 is 4.79 Å². The number of pyridine rings is 1. The monoisotopic (exact) mass is 297 g/mol. The summed E-state index contributed by atoms with van der Waals surface area (Å²) in [6, 6.07) is 7.97. The quantitative estimate of drug-likeness (QED) is 0.750. The Balaban J connectivity index is 1.92. The van der Waals surface area contributed by atoms with Crippen LogP contribution in [0.3, 0.4) is 0 Å². The van der Waals surface area contributed by atoms with Gasteiger partial charge in [0.15, 0.2) is 0 Å². The molecule has 1 aliphatic heterocycles. The van der Waals surface area contributed by atoms with Gasteiger partial charge >= 0.3 is 0 Å². The fourth-order valence-electron chi connectivity index (χ4n) is 2.92. The Kier molecular flexibility index (Phi) is 2.82. The summed E-state index contributed by atoms with van der Waals surface area (Å²) >= 11 is 1.49. The molecule has 3 aromatic rings. The standard InChI is InChI=1S/C16H15N3OS/c17-13-11-9-18-12-6-2-1-5-10(12)14(11)21-15(13)16(20)19-7-3-4-8-19/h1-2,5-6,9H,3-4,7-8,17H2. The predicted molar refractivity (Wildman–Crippen MR) is 86.7 cm³/mol. The smallest absolute Gasteiger partial charge is 0.266 e. The molecule has 1 saturated heterocycles. The number of nitrogen functional groups attached to an aromatic ring is 1. The number of hydrogen-bond acceptors (Lipinski definition) is 4. The van der Waals surface area contributed by atoms with E-state index in [1.54, 1.807) is 6.20 Å². The molecule has 106 valence electrons. The van der Waals surface area contributed by atoms with Crippen LogP contribution in [-0.2, 0) is 0 Å². The van der Waals surface area contributed by atoms with Crippen molar-refractivity contribution in [3.63, 3.8) is 0 Å². The Hall–Kier alpha value is -2.14. The zero-order valence-electron chi connectivity index (χ0n) is 11.5. The van der Waals surface area contributed by atoms with E-state index in [9.17, 15) is 4.79 Å². The number of hydrogen-bond donors (Lipinski definition) is 1. The highest BCUT2D eigenvalue weighted by Crippen LogP contribution is 2.38. The van der Waals surface area contributed by atoms with Crippen LogP contribution in [0.5, 0.6) is 0 Å². The Labute approximate surface area is 126 Å². The number of carbonyl (C=O) groups is 1. The summed E-state index contributed by atoms with van der Waals surface area (Å²) < 4.78 is 1.06. The third kappa shape index (κ3) is 1.88. The first-order valence-electron chi connectivity index (χ1n) is 7.10. The molecule has 0 aliphatic carbocycles. The van der Waals surface area contributed by atoms with Crippen LogP contribution < -0.4 is 5.73 Å². The molecule has 3 heterocycles. The number of benzene rings is 1. The minimum absolute atomic E-state index is 0.0651. The van der Waals surface area contributed by atoms with Crippen LogP contribution in [0.1, 0.15) is 22.5 Å². The molecule has 0 unspecified atom stereocenters. The zero-order valence-corrected chi connectivity index (χ0v) is 12.3. The lowest BCUT2D eigenvalue weighted by Crippen LogP contribution is -2.27. The van der Waals surface area contributed by atoms with Gasteiger partial charge in [0.25, 0.3) is 5.91 Å². The molecule has 2 N–H and O–H groups in total. The molecule has 1 fully saturated rings. The number of thiophene rings is 1. The molecule has 21 heavy (non-hydrogen) atoms. The zero-order chi connectivity index (χ0) is 14.4. The maximum absolute atomic E-state index is 12.6. The summed E-state index contributed by atoms with van der Waals surface area (Å²) in [6.07, 6.45) is 3.95. The molecule has 2 aromatic heterocycles. The van der Waals surface area contributed by atoms with Gasteiger partial charge in [-0.25, -0.2) is 0 Å². The van der Waals surface area contributed by atoms with E-state index in [1.165, 1.54) is 11.3 Å². The van der Waals surface area contributed by atoms with E-state index < -0.39 is 0 Å². The Bertz CT molecular complexity index is 849. The largest absolute Gasteiger partial charge is 0.397 e. The lowest BCUT2D eigenvalue weighted by Gasteiger charge is -2.14. The van der Waals surface area contributed by atoms with E-state index in [0.717, 1.165) is 46.9 Å². The third-order valence-electron chi connectivity index (χ3n) is 4.05. The van der Waals surface area contributed by atoms with E-state index in [1.807, 2.05) is 29.2 Å². The summed E-state index contributed by atoms with van der Waals surface area (Å²) in [5.41, 5.74) is 7.73. The Morgan fingerprint density at radius 3 is 2.76 bits per heavy atom. The predicted octanol–water partition coefficient (Wildman–Crippen LogP) is 3.27. The number of rotatable bonds is 1. The van der Waals surface area contributed by atoms with Crippen LogP contribution in [0.4, 0.5) is 5.69 Å². The summed E-state index contributed by atoms with van der Waals surface area (Å²) in [7, 11) is 0. The maximum Gasteiger partial charge on any atom is 0.266 e. The average Bonchev–Trinajstić information content (AvgIpc) is 3.15. The molecule has 0 bridgehead atoms. The second-order valence-electron chi connectivity index (χ2n) is 5.36. The minimum atomic E-state index is 0.0651. The van der Waals surface area contributed by atoms with E-state index in [2.05, 4.69) is 4.98 Å². The molecule has 4 nitrogen and oxygen atoms in total. The molecular weight excluding hydrogens is 282 g/mol. The number of carbonyl (C=O) groups excluding carboxylic acids is 1. The molecule has 1 aromatic carbocycles. The molecule has 5 heteroatoms. The van der Waals surface area contributed by atoms with Crippen molar-refractivity contribution in [1.82, 2.24) is 9.88 Å². The molecular formula is C16H15N3OS. The van der Waals surface area contributed by atoms with Crippen molar-refractivity contribution in [2.24, 2.45) is 0 Å². The van der Waals surface area contributed by atoms with Gasteiger partial charge < -0.3 is 10.6 Å². The number of aromatic nitrogens is 1. The van der Waals surface area contributed by atoms with Crippen LogP contribution in [0.2, 0.25) is 0 Å². The second kappa shape index (κ2) is 4.70. The lowest BCUT2D eigenvalue weighted by molar-refractivity contribution is 0.0798. The van der Waals surface area contributed by atoms with Gasteiger partial charge in [-0.2, -0.15) is 0 Å². The van der Waals surface area contributed by atoms with Crippen LogP contribution in [-0.4, -0.2) is 28.9 Å². The Morgan fingerprint density at radius 1 is 1.19 bits per heavy atom. The van der Waals surface area contributed by atoms with Gasteiger partial charge in [0, 0.05) is 34.8 Å². The van der Waals surface area contributed by atoms with Gasteiger partial charge in [0.05, 0.1) is 11.2 Å². The molecule has 0 spiro atoms. The molecule has 0 radical (unpaired) electrons. The summed E-state index contributed by atoms with van der Waals surface area (Å²) in [6.45, 7) is 1.68. The number of anilines is 1. The topological polar surface area (TPSA) is 59.2 Å². The molecule has 1 amide bonds. The van der Waals surface area contributed by atoms with Crippen molar-refractivity contribution in [3.8, 4) is 0 Å². The fourth-order valence-corrected chi connectivity index (χ4v) is 4.12. The maximum atomic E-state index is 12.6. The highest BCUT2D eigenvalue weighted by atomic mass is 32.1. The number of nitrogens with zero attached hydrogens (tertiary/aromatic N) is 2. The van der Waals surface area contributed by atoms with Gasteiger partial charge in [-0.15, -0.1) is 11.3 Å². The van der Waals surface area contributed by atoms with E-state index >= 15 is 0 Å². The summed E-state index contributed by atoms with van der Waals surface area (Å²) in [5.74, 6) is 0.0651. The van der Waals surface area contributed by atoms with Crippen molar-refractivity contribution in [1.29, 1.82) is 0 Å². The van der Waals surface area contributed by atoms with Crippen LogP contribution in [0.15, 0.2) is 30.5 Å². The number of amides is 1. The van der Waals surface area contributed by atoms with Crippen molar-refractivity contribution in [3.05, 3.63) is 35.3 Å². The Morgan fingerprint density at radius 2 is 1.95 bits per heavy atom. The fraction of sp³-hybridized carbons (Fsp3) is 0.250. The first-order chi connectivity index (χ1) is 10.3. The van der Waals surface area contributed by atoms with Crippen LogP contribution in [0.25, 0.3) is 21.0 Å². The average molecular weight is 297 g/mol. The third-order valence-corrected chi connectivity index (χ3v) is 5.30. The van der Waals surface area contributed by atoms with E-state index in [-0.39, 0.29) is 5.91 Å². The lowest BCUT2D eigenvalue weighted by atomic mass is 10.1. The van der Waals surface area contributed by atoms with Gasteiger partial charge in [-0.1, -0.05) is 18.2 Å². The van der Waals surface area contributed by atoms with Crippen molar-refractivity contribution >= 4 is 43.9 Å². The highest BCUT2D eigenvalue weighted by molar-refractivity contribution is 7.22. The van der Waals surface area contributed by atoms with Gasteiger partial charge in [-0.3, -0.25) is 9.78 Å². The summed E-state index contributed by atoms with van der Waals surface area (Å²) in [5, 5.41) is 1.95. The molecule has 0 saturated carbocycles. The van der Waals surface area contributed by atoms with Gasteiger partial charge in [0.1, 0.15) is 4.88 Å². The normalized spacial score (nSPS) is 15.1. The van der Waals surface area contributed by atoms with Crippen molar-refractivity contribution in [2.45, 2.75) is 12.8 Å². The van der Waals surface area contributed by atoms with Crippen LogP contribution in [0, 0.1) is 0 Å². The van der Waals surface area contributed by atoms with Gasteiger partial charge in [-0.05, 0) is 18.9 Å². The van der Waals surface area contributed by atoms with Crippen LogP contribution >= 0.6 is 11.3 Å². The number of fused-ring (bicyclic) bond motifs is 3. The molecule has 1 aliphatic rings. The first kappa shape index (κ1) is 12.6. The van der Waals surface area contributed by atoms with E-state index in [4.69, 9.17) is 5.73 Å². The second-order valence-corrected chi connectivity index (χ2v) is 6.38. The number of nitrogens with two attached hydrogens (primary N) is 1. The van der Waals surface area contributed by atoms with Gasteiger partial charge in [0.2, 0.25) is 0 Å². The molecule has 4 rings (SSSR count).